The summed E-state index contributed by atoms with van der Waals surface area (Å²) < 4.78 is 18.8. The first kappa shape index (κ1) is 21.9. The Labute approximate surface area is 186 Å². The van der Waals surface area contributed by atoms with E-state index in [4.69, 9.17) is 4.74 Å². The van der Waals surface area contributed by atoms with Gasteiger partial charge in [0.2, 0.25) is 0 Å². The largest absolute Gasteiger partial charge is 0.379 e. The van der Waals surface area contributed by atoms with Gasteiger partial charge in [-0.3, -0.25) is 14.5 Å². The number of morpholine rings is 1. The second-order valence-electron chi connectivity index (χ2n) is 7.70. The molecule has 1 aliphatic rings. The quantitative estimate of drug-likeness (QED) is 0.576. The highest BCUT2D eigenvalue weighted by molar-refractivity contribution is 6.09. The van der Waals surface area contributed by atoms with Gasteiger partial charge in [0.05, 0.1) is 19.3 Å². The standard InChI is InChI=1S/C26H25FN2O3/c27-23-12-10-19(11-13-23)24(29-14-16-32-17-15-29)18-28-26(31)22-8-6-21(7-9-22)25(30)20-4-2-1-3-5-20/h1-13,24H,14-18H2,(H,28,31)/t24-/m0/s1. The molecule has 1 saturated heterocycles. The molecule has 0 radical (unpaired) electrons. The van der Waals surface area contributed by atoms with Gasteiger partial charge in [-0.15, -0.1) is 0 Å². The van der Waals surface area contributed by atoms with Crippen molar-refractivity contribution in [1.29, 1.82) is 0 Å². The predicted molar refractivity (Wildman–Crippen MR) is 120 cm³/mol. The highest BCUT2D eigenvalue weighted by Crippen LogP contribution is 2.22. The molecule has 0 spiro atoms. The van der Waals surface area contributed by atoms with Gasteiger partial charge in [-0.25, -0.2) is 4.39 Å². The number of nitrogens with zero attached hydrogens (tertiary/aromatic N) is 1. The van der Waals surface area contributed by atoms with Gasteiger partial charge in [-0.1, -0.05) is 54.6 Å². The third-order valence-electron chi connectivity index (χ3n) is 5.64. The van der Waals surface area contributed by atoms with Crippen LogP contribution < -0.4 is 5.32 Å². The number of rotatable bonds is 7. The van der Waals surface area contributed by atoms with Gasteiger partial charge in [0, 0.05) is 36.3 Å². The molecule has 0 bridgehead atoms. The maximum absolute atomic E-state index is 13.4. The van der Waals surface area contributed by atoms with Crippen molar-refractivity contribution in [3.8, 4) is 0 Å². The molecular weight excluding hydrogens is 407 g/mol. The number of nitrogens with one attached hydrogen (secondary N) is 1. The summed E-state index contributed by atoms with van der Waals surface area (Å²) in [4.78, 5) is 27.6. The second kappa shape index (κ2) is 10.3. The van der Waals surface area contributed by atoms with E-state index in [9.17, 15) is 14.0 Å². The number of ether oxygens (including phenoxy) is 1. The van der Waals surface area contributed by atoms with Crippen LogP contribution in [0.3, 0.4) is 0 Å². The summed E-state index contributed by atoms with van der Waals surface area (Å²) in [6, 6.07) is 22.0. The molecule has 1 fully saturated rings. The summed E-state index contributed by atoms with van der Waals surface area (Å²) in [5.74, 6) is -0.589. The smallest absolute Gasteiger partial charge is 0.251 e. The van der Waals surface area contributed by atoms with E-state index in [1.807, 2.05) is 18.2 Å². The van der Waals surface area contributed by atoms with Gasteiger partial charge in [0.1, 0.15) is 5.82 Å². The first-order valence-electron chi connectivity index (χ1n) is 10.7. The number of hydrogen-bond donors (Lipinski definition) is 1. The van der Waals surface area contributed by atoms with Crippen molar-refractivity contribution < 1.29 is 18.7 Å². The molecule has 0 aliphatic carbocycles. The molecule has 5 nitrogen and oxygen atoms in total. The van der Waals surface area contributed by atoms with Gasteiger partial charge in [0.15, 0.2) is 5.78 Å². The Morgan fingerprint density at radius 3 is 2.09 bits per heavy atom. The zero-order valence-corrected chi connectivity index (χ0v) is 17.7. The van der Waals surface area contributed by atoms with E-state index in [2.05, 4.69) is 10.2 Å². The molecule has 4 rings (SSSR count). The van der Waals surface area contributed by atoms with Crippen LogP contribution in [-0.2, 0) is 4.74 Å². The van der Waals surface area contributed by atoms with Crippen molar-refractivity contribution in [2.45, 2.75) is 6.04 Å². The normalized spacial score (nSPS) is 15.2. The van der Waals surface area contributed by atoms with E-state index in [1.165, 1.54) is 12.1 Å². The topological polar surface area (TPSA) is 58.6 Å². The van der Waals surface area contributed by atoms with Crippen LogP contribution >= 0.6 is 0 Å². The Bertz CT molecular complexity index is 1050. The third-order valence-corrected chi connectivity index (χ3v) is 5.64. The zero-order chi connectivity index (χ0) is 22.3. The van der Waals surface area contributed by atoms with E-state index in [0.29, 0.717) is 36.4 Å². The lowest BCUT2D eigenvalue weighted by molar-refractivity contribution is 0.0162. The minimum Gasteiger partial charge on any atom is -0.379 e. The number of carbonyl (C=O) groups excluding carboxylic acids is 2. The molecule has 1 N–H and O–H groups in total. The third kappa shape index (κ3) is 5.28. The van der Waals surface area contributed by atoms with Crippen molar-refractivity contribution in [2.24, 2.45) is 0 Å². The molecule has 0 saturated carbocycles. The number of ketones is 1. The summed E-state index contributed by atoms with van der Waals surface area (Å²) in [6.07, 6.45) is 0. The first-order valence-corrected chi connectivity index (χ1v) is 10.7. The number of carbonyl (C=O) groups is 2. The number of benzene rings is 3. The van der Waals surface area contributed by atoms with Crippen molar-refractivity contribution in [3.05, 3.63) is 107 Å². The van der Waals surface area contributed by atoms with Crippen LogP contribution in [-0.4, -0.2) is 49.4 Å². The SMILES string of the molecule is O=C(NC[C@@H](c1ccc(F)cc1)N1CCOCC1)c1ccc(C(=O)c2ccccc2)cc1. The van der Waals surface area contributed by atoms with Gasteiger partial charge in [-0.05, 0) is 29.8 Å². The molecule has 3 aromatic rings. The number of halogens is 1. The Hall–Kier alpha value is -3.35. The average molecular weight is 432 g/mol. The van der Waals surface area contributed by atoms with Crippen molar-refractivity contribution in [1.82, 2.24) is 10.2 Å². The van der Waals surface area contributed by atoms with Crippen LogP contribution in [0, 0.1) is 5.82 Å². The summed E-state index contributed by atoms with van der Waals surface area (Å²) in [5, 5.41) is 2.99. The Balaban J connectivity index is 1.43. The summed E-state index contributed by atoms with van der Waals surface area (Å²) in [5.41, 5.74) is 2.56. The highest BCUT2D eigenvalue weighted by atomic mass is 19.1. The summed E-state index contributed by atoms with van der Waals surface area (Å²) in [7, 11) is 0. The van der Waals surface area contributed by atoms with E-state index in [1.54, 1.807) is 48.5 Å². The Morgan fingerprint density at radius 2 is 1.44 bits per heavy atom. The Morgan fingerprint density at radius 1 is 0.844 bits per heavy atom. The fourth-order valence-electron chi connectivity index (χ4n) is 3.85. The van der Waals surface area contributed by atoms with Gasteiger partial charge >= 0.3 is 0 Å². The average Bonchev–Trinajstić information content (AvgIpc) is 2.86. The predicted octanol–water partition coefficient (Wildman–Crippen LogP) is 3.86. The molecule has 0 unspecified atom stereocenters. The van der Waals surface area contributed by atoms with Gasteiger partial charge in [-0.2, -0.15) is 0 Å². The molecule has 32 heavy (non-hydrogen) atoms. The van der Waals surface area contributed by atoms with E-state index in [-0.39, 0.29) is 23.5 Å². The van der Waals surface area contributed by atoms with E-state index in [0.717, 1.165) is 18.7 Å². The zero-order valence-electron chi connectivity index (χ0n) is 17.7. The van der Waals surface area contributed by atoms with Crippen LogP contribution in [0.2, 0.25) is 0 Å². The molecule has 0 aromatic heterocycles. The minimum absolute atomic E-state index is 0.0811. The maximum Gasteiger partial charge on any atom is 0.251 e. The summed E-state index contributed by atoms with van der Waals surface area (Å²) >= 11 is 0. The molecule has 6 heteroatoms. The first-order chi connectivity index (χ1) is 15.6. The van der Waals surface area contributed by atoms with Crippen molar-refractivity contribution in [3.63, 3.8) is 0 Å². The van der Waals surface area contributed by atoms with Crippen LogP contribution in [0.5, 0.6) is 0 Å². The maximum atomic E-state index is 13.4. The molecule has 164 valence electrons. The minimum atomic E-state index is -0.288. The molecule has 1 amide bonds. The number of hydrogen-bond acceptors (Lipinski definition) is 4. The molecule has 1 atom stereocenters. The van der Waals surface area contributed by atoms with Crippen LogP contribution in [0.1, 0.15) is 37.9 Å². The molecular formula is C26H25FN2O3. The highest BCUT2D eigenvalue weighted by Gasteiger charge is 2.23. The molecule has 1 aliphatic heterocycles. The van der Waals surface area contributed by atoms with E-state index >= 15 is 0 Å². The lowest BCUT2D eigenvalue weighted by Gasteiger charge is -2.35. The number of amides is 1. The fourth-order valence-corrected chi connectivity index (χ4v) is 3.85. The molecule has 1 heterocycles. The fraction of sp³-hybridized carbons (Fsp3) is 0.231. The van der Waals surface area contributed by atoms with Gasteiger partial charge in [0.25, 0.3) is 5.91 Å². The van der Waals surface area contributed by atoms with Gasteiger partial charge < -0.3 is 10.1 Å². The Kier molecular flexibility index (Phi) is 7.04. The second-order valence-corrected chi connectivity index (χ2v) is 7.70. The summed E-state index contributed by atoms with van der Waals surface area (Å²) in [6.45, 7) is 3.13. The monoisotopic (exact) mass is 432 g/mol. The molecule has 3 aromatic carbocycles. The van der Waals surface area contributed by atoms with Crippen LogP contribution in [0.25, 0.3) is 0 Å². The lowest BCUT2D eigenvalue weighted by Crippen LogP contribution is -2.43. The van der Waals surface area contributed by atoms with Crippen molar-refractivity contribution >= 4 is 11.7 Å². The lowest BCUT2D eigenvalue weighted by atomic mass is 10.0. The van der Waals surface area contributed by atoms with E-state index < -0.39 is 0 Å². The van der Waals surface area contributed by atoms with Crippen LogP contribution in [0.15, 0.2) is 78.9 Å². The van der Waals surface area contributed by atoms with Crippen LogP contribution in [0.4, 0.5) is 4.39 Å². The van der Waals surface area contributed by atoms with Crippen molar-refractivity contribution in [2.75, 3.05) is 32.8 Å².